The topological polar surface area (TPSA) is 71.1 Å². The molecule has 0 heterocycles. The Morgan fingerprint density at radius 3 is 1.12 bits per heavy atom. The summed E-state index contributed by atoms with van der Waals surface area (Å²) in [7, 11) is 0. The Morgan fingerprint density at radius 1 is 0.466 bits per heavy atom. The van der Waals surface area contributed by atoms with Gasteiger partial charge in [-0.1, -0.05) is 152 Å². The van der Waals surface area contributed by atoms with Crippen molar-refractivity contribution in [3.05, 3.63) is 131 Å². The van der Waals surface area contributed by atoms with Gasteiger partial charge in [0.2, 0.25) is 0 Å². The third-order valence-electron chi connectivity index (χ3n) is 12.6. The van der Waals surface area contributed by atoms with Crippen LogP contribution in [0.4, 0.5) is 0 Å². The first-order valence-electron chi connectivity index (χ1n) is 22.5. The molecule has 0 amide bonds. The first-order chi connectivity index (χ1) is 28.5. The first kappa shape index (κ1) is 43.0. The molecule has 2 aliphatic rings. The third kappa shape index (κ3) is 13.2. The smallest absolute Gasteiger partial charge is 0.338 e. The number of esters is 2. The van der Waals surface area contributed by atoms with Gasteiger partial charge in [0.25, 0.3) is 0 Å². The van der Waals surface area contributed by atoms with Gasteiger partial charge in [0.1, 0.15) is 11.5 Å². The van der Waals surface area contributed by atoms with Crippen LogP contribution in [0, 0.1) is 23.7 Å². The van der Waals surface area contributed by atoms with E-state index in [1.807, 2.05) is 84.9 Å². The van der Waals surface area contributed by atoms with Gasteiger partial charge in [0.15, 0.2) is 12.2 Å². The molecule has 0 aromatic heterocycles. The summed E-state index contributed by atoms with van der Waals surface area (Å²) in [6.45, 7) is 5.90. The molecule has 2 aliphatic carbocycles. The molecular formula is C52H66O6. The fraction of sp³-hybridized carbons (Fsp3) is 0.500. The lowest BCUT2D eigenvalue weighted by Gasteiger charge is -2.28. The Balaban J connectivity index is 1.04. The number of benzene rings is 4. The molecule has 4 aromatic carbocycles. The van der Waals surface area contributed by atoms with Crippen molar-refractivity contribution in [2.75, 3.05) is 13.2 Å². The standard InChI is InChI=1S/C52H66O6/c1-3-13-39-21-25-41(26-22-39)15-11-37-55-47-33-29-45(30-34-47)51(53)57-49(43-17-7-5-8-18-43)50(44-19-9-6-10-20-44)58-52(54)46-31-35-48(36-32-46)56-38-12-16-42-27-23-40(14-4-2)24-28-42/h5-10,17-20,29-36,39-42,49-50H,3-4,11-16,21-28,37-38H2,1-2H3. The van der Waals surface area contributed by atoms with Crippen LogP contribution in [0.3, 0.4) is 0 Å². The van der Waals surface area contributed by atoms with E-state index in [0.29, 0.717) is 35.5 Å². The predicted molar refractivity (Wildman–Crippen MR) is 232 cm³/mol. The molecule has 2 atom stereocenters. The molecule has 4 aromatic rings. The van der Waals surface area contributed by atoms with Gasteiger partial charge in [-0.3, -0.25) is 0 Å². The van der Waals surface area contributed by atoms with Crippen molar-refractivity contribution in [1.29, 1.82) is 0 Å². The van der Waals surface area contributed by atoms with Gasteiger partial charge in [-0.05, 0) is 109 Å². The predicted octanol–water partition coefficient (Wildman–Crippen LogP) is 13.7. The van der Waals surface area contributed by atoms with Gasteiger partial charge < -0.3 is 18.9 Å². The number of hydrogen-bond acceptors (Lipinski definition) is 6. The second kappa shape index (κ2) is 23.1. The molecular weight excluding hydrogens is 721 g/mol. The lowest BCUT2D eigenvalue weighted by molar-refractivity contribution is -0.0388. The molecule has 2 unspecified atom stereocenters. The van der Waals surface area contributed by atoms with Crippen LogP contribution < -0.4 is 9.47 Å². The zero-order chi connectivity index (χ0) is 40.4. The summed E-state index contributed by atoms with van der Waals surface area (Å²) in [4.78, 5) is 27.6. The van der Waals surface area contributed by atoms with Crippen molar-refractivity contribution >= 4 is 11.9 Å². The SMILES string of the molecule is CCCC1CCC(CCCOc2ccc(C(=O)OC(c3ccccc3)C(OC(=O)c3ccc(OCCCC4CCC(CCC)CC4)cc3)c3ccccc3)cc2)CC1. The summed E-state index contributed by atoms with van der Waals surface area (Å²) < 4.78 is 24.7. The highest BCUT2D eigenvalue weighted by Crippen LogP contribution is 2.38. The second-order valence-electron chi connectivity index (χ2n) is 16.9. The molecule has 6 nitrogen and oxygen atoms in total. The van der Waals surface area contributed by atoms with Crippen LogP contribution in [0.25, 0.3) is 0 Å². The minimum atomic E-state index is -0.905. The zero-order valence-electron chi connectivity index (χ0n) is 35.0. The van der Waals surface area contributed by atoms with E-state index in [1.54, 1.807) is 24.3 Å². The molecule has 0 saturated heterocycles. The Morgan fingerprint density at radius 2 is 0.793 bits per heavy atom. The molecule has 0 bridgehead atoms. The van der Waals surface area contributed by atoms with Crippen molar-refractivity contribution in [3.8, 4) is 11.5 Å². The van der Waals surface area contributed by atoms with E-state index in [9.17, 15) is 9.59 Å². The number of ether oxygens (including phenoxy) is 4. The highest BCUT2D eigenvalue weighted by atomic mass is 16.6. The summed E-state index contributed by atoms with van der Waals surface area (Å²) in [5, 5.41) is 0. The average Bonchev–Trinajstić information content (AvgIpc) is 3.27. The summed E-state index contributed by atoms with van der Waals surface area (Å²) in [5.41, 5.74) is 2.22. The minimum absolute atomic E-state index is 0.394. The Labute approximate surface area is 348 Å². The highest BCUT2D eigenvalue weighted by Gasteiger charge is 2.33. The van der Waals surface area contributed by atoms with E-state index >= 15 is 0 Å². The maximum absolute atomic E-state index is 13.8. The monoisotopic (exact) mass is 786 g/mol. The second-order valence-corrected chi connectivity index (χ2v) is 16.9. The van der Waals surface area contributed by atoms with Crippen LogP contribution in [0.1, 0.15) is 161 Å². The molecule has 0 aliphatic heterocycles. The molecule has 6 rings (SSSR count). The lowest BCUT2D eigenvalue weighted by atomic mass is 9.78. The molecule has 2 fully saturated rings. The van der Waals surface area contributed by atoms with Crippen molar-refractivity contribution < 1.29 is 28.5 Å². The van der Waals surface area contributed by atoms with Gasteiger partial charge in [0.05, 0.1) is 24.3 Å². The van der Waals surface area contributed by atoms with E-state index in [4.69, 9.17) is 18.9 Å². The van der Waals surface area contributed by atoms with Crippen LogP contribution in [0.5, 0.6) is 11.5 Å². The fourth-order valence-corrected chi connectivity index (χ4v) is 9.19. The normalized spacial score (nSPS) is 20.4. The van der Waals surface area contributed by atoms with Crippen LogP contribution >= 0.6 is 0 Å². The minimum Gasteiger partial charge on any atom is -0.494 e. The maximum atomic E-state index is 13.8. The Kier molecular flexibility index (Phi) is 17.1. The molecule has 310 valence electrons. The van der Waals surface area contributed by atoms with E-state index in [1.165, 1.54) is 89.9 Å². The summed E-state index contributed by atoms with van der Waals surface area (Å²) in [6, 6.07) is 33.2. The van der Waals surface area contributed by atoms with Gasteiger partial charge in [0, 0.05) is 0 Å². The Bertz CT molecular complexity index is 1620. The molecule has 0 spiro atoms. The number of rotatable bonds is 21. The van der Waals surface area contributed by atoms with Crippen molar-refractivity contribution in [3.63, 3.8) is 0 Å². The van der Waals surface area contributed by atoms with Gasteiger partial charge in [-0.15, -0.1) is 0 Å². The lowest BCUT2D eigenvalue weighted by Crippen LogP contribution is -2.23. The fourth-order valence-electron chi connectivity index (χ4n) is 9.19. The maximum Gasteiger partial charge on any atom is 0.338 e. The number of hydrogen-bond donors (Lipinski definition) is 0. The summed E-state index contributed by atoms with van der Waals surface area (Å²) in [6.07, 6.45) is 18.9. The number of carbonyl (C=O) groups is 2. The largest absolute Gasteiger partial charge is 0.494 e. The van der Waals surface area contributed by atoms with Crippen molar-refractivity contribution in [1.82, 2.24) is 0 Å². The molecule has 6 heteroatoms. The van der Waals surface area contributed by atoms with Crippen molar-refractivity contribution in [2.45, 2.75) is 129 Å². The quantitative estimate of drug-likeness (QED) is 0.0619. The van der Waals surface area contributed by atoms with E-state index in [-0.39, 0.29) is 0 Å². The number of carbonyl (C=O) groups excluding carboxylic acids is 2. The van der Waals surface area contributed by atoms with Crippen molar-refractivity contribution in [2.24, 2.45) is 23.7 Å². The molecule has 2 saturated carbocycles. The van der Waals surface area contributed by atoms with Crippen LogP contribution in [0.15, 0.2) is 109 Å². The molecule has 0 N–H and O–H groups in total. The summed E-state index contributed by atoms with van der Waals surface area (Å²) in [5.74, 6) is 3.92. The first-order valence-corrected chi connectivity index (χ1v) is 22.5. The van der Waals surface area contributed by atoms with E-state index in [2.05, 4.69) is 13.8 Å². The van der Waals surface area contributed by atoms with Gasteiger partial charge in [-0.25, -0.2) is 9.59 Å². The Hall–Kier alpha value is -4.58. The van der Waals surface area contributed by atoms with Crippen LogP contribution in [-0.4, -0.2) is 25.2 Å². The summed E-state index contributed by atoms with van der Waals surface area (Å²) >= 11 is 0. The zero-order valence-corrected chi connectivity index (χ0v) is 35.0. The third-order valence-corrected chi connectivity index (χ3v) is 12.6. The molecule has 58 heavy (non-hydrogen) atoms. The van der Waals surface area contributed by atoms with Gasteiger partial charge in [-0.2, -0.15) is 0 Å². The highest BCUT2D eigenvalue weighted by molar-refractivity contribution is 5.90. The van der Waals surface area contributed by atoms with Gasteiger partial charge >= 0.3 is 11.9 Å². The van der Waals surface area contributed by atoms with E-state index in [0.717, 1.165) is 48.0 Å². The average molecular weight is 787 g/mol. The van der Waals surface area contributed by atoms with E-state index < -0.39 is 24.1 Å². The van der Waals surface area contributed by atoms with Crippen LogP contribution in [-0.2, 0) is 9.47 Å². The van der Waals surface area contributed by atoms with Crippen LogP contribution in [0.2, 0.25) is 0 Å². The molecule has 0 radical (unpaired) electrons.